The Hall–Kier alpha value is -6.70. The fraction of sp³-hybridized carbons (Fsp3) is 0.194. The third kappa shape index (κ3) is 21.1. The Kier molecular flexibility index (Phi) is 28.4. The highest BCUT2D eigenvalue weighted by molar-refractivity contribution is 5.73. The van der Waals surface area contributed by atoms with E-state index < -0.39 is 0 Å². The molecule has 0 fully saturated rings. The molecule has 0 aliphatic heterocycles. The molecule has 3 aromatic rings. The van der Waals surface area contributed by atoms with Crippen molar-refractivity contribution in [2.75, 3.05) is 0 Å². The molecule has 0 radical (unpaired) electrons. The molecule has 1 nitrogen and oxygen atoms in total. The number of allylic oxidation sites excluding steroid dienone is 24. The van der Waals surface area contributed by atoms with Gasteiger partial charge in [0, 0.05) is 11.5 Å². The normalized spacial score (nSPS) is 13.7. The monoisotopic (exact) mass is 835 g/mol. The summed E-state index contributed by atoms with van der Waals surface area (Å²) in [6, 6.07) is 29.2. The minimum absolute atomic E-state index is 0.313. The lowest BCUT2D eigenvalue weighted by molar-refractivity contribution is 0.328. The molecule has 4 rings (SSSR count). The maximum Gasteiger partial charge on any atom is 0.130 e. The van der Waals surface area contributed by atoms with Gasteiger partial charge in [-0.25, -0.2) is 0 Å². The van der Waals surface area contributed by atoms with Gasteiger partial charge in [0.1, 0.15) is 11.5 Å². The maximum absolute atomic E-state index is 6.16. The van der Waals surface area contributed by atoms with Crippen molar-refractivity contribution < 1.29 is 4.74 Å². The third-order valence-electron chi connectivity index (χ3n) is 9.81. The molecule has 0 N–H and O–H groups in total. The molecule has 0 saturated heterocycles. The van der Waals surface area contributed by atoms with Crippen LogP contribution in [0.25, 0.3) is 16.7 Å². The van der Waals surface area contributed by atoms with Crippen LogP contribution in [0, 0.1) is 12.8 Å². The number of hydrogen-bond acceptors (Lipinski definition) is 1. The lowest BCUT2D eigenvalue weighted by Crippen LogP contribution is -2.00. The van der Waals surface area contributed by atoms with Crippen LogP contribution in [0.1, 0.15) is 78.9 Å². The second kappa shape index (κ2) is 33.0. The van der Waals surface area contributed by atoms with Crippen LogP contribution in [0.15, 0.2) is 273 Å². The molecule has 328 valence electrons. The molecular weight excluding hydrogens is 761 g/mol. The summed E-state index contributed by atoms with van der Waals surface area (Å²) < 4.78 is 6.16. The Labute approximate surface area is 384 Å². The second-order valence-electron chi connectivity index (χ2n) is 14.3. The zero-order valence-electron chi connectivity index (χ0n) is 39.7. The van der Waals surface area contributed by atoms with Gasteiger partial charge in [-0.3, -0.25) is 0 Å². The van der Waals surface area contributed by atoms with Crippen LogP contribution < -0.4 is 0 Å². The van der Waals surface area contributed by atoms with Gasteiger partial charge in [0.15, 0.2) is 0 Å². The van der Waals surface area contributed by atoms with E-state index in [-0.39, 0.29) is 0 Å². The van der Waals surface area contributed by atoms with E-state index in [9.17, 15) is 0 Å². The largest absolute Gasteiger partial charge is 0.457 e. The zero-order chi connectivity index (χ0) is 46.8. The summed E-state index contributed by atoms with van der Waals surface area (Å²) in [5.74, 6) is 1.94. The van der Waals surface area contributed by atoms with E-state index in [1.807, 2.05) is 114 Å². The highest BCUT2D eigenvalue weighted by atomic mass is 16.5. The Morgan fingerprint density at radius 2 is 1.29 bits per heavy atom. The molecule has 1 aliphatic rings. The van der Waals surface area contributed by atoms with Crippen molar-refractivity contribution in [3.8, 4) is 11.1 Å². The predicted octanol–water partition coefficient (Wildman–Crippen LogP) is 18.7. The molecule has 0 aromatic heterocycles. The minimum Gasteiger partial charge on any atom is -0.457 e. The molecule has 1 unspecified atom stereocenters. The Bertz CT molecular complexity index is 2230. The lowest BCUT2D eigenvalue weighted by Gasteiger charge is -2.17. The van der Waals surface area contributed by atoms with Crippen LogP contribution in [-0.2, 0) is 4.74 Å². The number of ether oxygens (including phenoxy) is 1. The van der Waals surface area contributed by atoms with Crippen molar-refractivity contribution in [3.05, 3.63) is 284 Å². The summed E-state index contributed by atoms with van der Waals surface area (Å²) in [6.07, 6.45) is 37.2. The van der Waals surface area contributed by atoms with Gasteiger partial charge < -0.3 is 4.74 Å². The molecule has 0 spiro atoms. The topological polar surface area (TPSA) is 9.23 Å². The first kappa shape index (κ1) is 54.3. The number of aryl methyl sites for hydroxylation is 1. The molecule has 0 amide bonds. The molecule has 3 aromatic carbocycles. The van der Waals surface area contributed by atoms with Gasteiger partial charge >= 0.3 is 0 Å². The molecule has 1 heteroatoms. The Morgan fingerprint density at radius 1 is 0.667 bits per heavy atom. The molecule has 0 heterocycles. The van der Waals surface area contributed by atoms with E-state index >= 15 is 0 Å². The molecule has 63 heavy (non-hydrogen) atoms. The summed E-state index contributed by atoms with van der Waals surface area (Å²) in [5.41, 5.74) is 12.6. The minimum atomic E-state index is 0.313. The molecule has 1 aliphatic carbocycles. The van der Waals surface area contributed by atoms with Crippen molar-refractivity contribution >= 4 is 5.57 Å². The Balaban J connectivity index is 0.000000557. The fourth-order valence-corrected chi connectivity index (χ4v) is 5.95. The zero-order valence-corrected chi connectivity index (χ0v) is 39.7. The number of benzene rings is 3. The maximum atomic E-state index is 6.16. The van der Waals surface area contributed by atoms with Crippen molar-refractivity contribution in [3.63, 3.8) is 0 Å². The molecular formula is C62H74O. The molecule has 0 saturated carbocycles. The van der Waals surface area contributed by atoms with Crippen LogP contribution >= 0.6 is 0 Å². The highest BCUT2D eigenvalue weighted by Crippen LogP contribution is 2.28. The van der Waals surface area contributed by atoms with Gasteiger partial charge in [0.25, 0.3) is 0 Å². The predicted molar refractivity (Wildman–Crippen MR) is 284 cm³/mol. The fourth-order valence-electron chi connectivity index (χ4n) is 5.95. The van der Waals surface area contributed by atoms with Gasteiger partial charge in [-0.2, -0.15) is 0 Å². The summed E-state index contributed by atoms with van der Waals surface area (Å²) in [5, 5.41) is 0. The van der Waals surface area contributed by atoms with Crippen molar-refractivity contribution in [1.82, 2.24) is 0 Å². The van der Waals surface area contributed by atoms with Crippen LogP contribution in [0.5, 0.6) is 0 Å². The Morgan fingerprint density at radius 3 is 1.86 bits per heavy atom. The van der Waals surface area contributed by atoms with Crippen LogP contribution in [-0.4, -0.2) is 0 Å². The van der Waals surface area contributed by atoms with E-state index in [1.165, 1.54) is 22.3 Å². The van der Waals surface area contributed by atoms with Gasteiger partial charge in [0.05, 0.1) is 0 Å². The van der Waals surface area contributed by atoms with E-state index in [0.29, 0.717) is 5.92 Å². The van der Waals surface area contributed by atoms with E-state index in [0.717, 1.165) is 69.8 Å². The number of rotatable bonds is 18. The van der Waals surface area contributed by atoms with Crippen molar-refractivity contribution in [2.45, 2.75) is 74.7 Å². The van der Waals surface area contributed by atoms with Gasteiger partial charge in [-0.05, 0) is 124 Å². The third-order valence-corrected chi connectivity index (χ3v) is 9.81. The van der Waals surface area contributed by atoms with Crippen LogP contribution in [0.3, 0.4) is 0 Å². The lowest BCUT2D eigenvalue weighted by atomic mass is 9.96. The summed E-state index contributed by atoms with van der Waals surface area (Å²) in [6.45, 7) is 39.9. The summed E-state index contributed by atoms with van der Waals surface area (Å²) >= 11 is 0. The quantitative estimate of drug-likeness (QED) is 0.0705. The van der Waals surface area contributed by atoms with Gasteiger partial charge in [-0.15, -0.1) is 13.2 Å². The van der Waals surface area contributed by atoms with Crippen LogP contribution in [0.4, 0.5) is 0 Å². The summed E-state index contributed by atoms with van der Waals surface area (Å²) in [7, 11) is 0. The van der Waals surface area contributed by atoms with E-state index in [2.05, 4.69) is 163 Å². The first-order valence-electron chi connectivity index (χ1n) is 22.1. The average Bonchev–Trinajstić information content (AvgIpc) is 3.33. The van der Waals surface area contributed by atoms with Crippen molar-refractivity contribution in [2.24, 2.45) is 5.92 Å². The molecule has 1 atom stereocenters. The molecule has 0 bridgehead atoms. The van der Waals surface area contributed by atoms with E-state index in [1.54, 1.807) is 6.08 Å². The standard InChI is InChI=1S/C33H36O.C14H20.C13H12.C2H6/c1-7-26(5)32-22-16-17-23-33(32)34-31(10-4)21-15-14-18-28(8-2)29(9-3)25-24-27(6)30-19-12-11-13-20-30;1-6-9-14(8-3)13(5)11-10-12(4)7-2;1-11-6-5-9-13(10-11)12-7-3-2-4-8-12;1-2/h7-15,17-21,23-25H,1,5-6,16,22H2,2-4H3;6-8,10-11,14H,1,3,5,9H2,2,4H3;2-10H,1H3;1-2H3/b18-14-,21-15+,25-24-,28-8+,29-9+,31-10-;11-10-,12-7-;;. The highest BCUT2D eigenvalue weighted by Gasteiger charge is 2.12. The van der Waals surface area contributed by atoms with E-state index in [4.69, 9.17) is 4.74 Å². The first-order chi connectivity index (χ1) is 30.5. The average molecular weight is 835 g/mol. The smallest absolute Gasteiger partial charge is 0.130 e. The first-order valence-corrected chi connectivity index (χ1v) is 22.1. The van der Waals surface area contributed by atoms with Gasteiger partial charge in [-0.1, -0.05) is 221 Å². The SMILES string of the molecule is C=CC(=C)C1=C(OC(=C\C)/C=C/C=C\C(=C/C)C(\C=C/C(=C)c2ccccc2)=C\C)C=CCC1.C=CCC(C=C)C(=C)/C=C\C(C)=C/C.CC.Cc1cccc(-c2ccccc2)c1. The number of hydrogen-bond donors (Lipinski definition) is 0. The van der Waals surface area contributed by atoms with Crippen LogP contribution in [0.2, 0.25) is 0 Å². The van der Waals surface area contributed by atoms with Crippen molar-refractivity contribution in [1.29, 1.82) is 0 Å². The second-order valence-corrected chi connectivity index (χ2v) is 14.3. The summed E-state index contributed by atoms with van der Waals surface area (Å²) in [4.78, 5) is 0. The van der Waals surface area contributed by atoms with Gasteiger partial charge in [0.2, 0.25) is 0 Å².